The Morgan fingerprint density at radius 2 is 1.79 bits per heavy atom. The Kier molecular flexibility index (Phi) is 5.11. The standard InChI is InChI=1S/C19H19N3OS/c1-14(19(23)22(2)12-15-8-4-3-5-9-15)24-18-16-10-6-7-11-17(16)20-13-21-18/h3-11,13-14H,12H2,1-2H3/t14-/m0/s1. The molecule has 0 aliphatic rings. The van der Waals surface area contributed by atoms with E-state index in [-0.39, 0.29) is 11.2 Å². The SMILES string of the molecule is C[C@H](Sc1ncnc2ccccc12)C(=O)N(C)Cc1ccccc1. The number of hydrogen-bond acceptors (Lipinski definition) is 4. The van der Waals surface area contributed by atoms with E-state index in [1.165, 1.54) is 11.8 Å². The van der Waals surface area contributed by atoms with Gasteiger partial charge in [-0.15, -0.1) is 0 Å². The van der Waals surface area contributed by atoms with Crippen molar-refractivity contribution in [2.24, 2.45) is 0 Å². The molecule has 1 heterocycles. The summed E-state index contributed by atoms with van der Waals surface area (Å²) in [5, 5.41) is 1.61. The van der Waals surface area contributed by atoms with Gasteiger partial charge < -0.3 is 4.90 Å². The van der Waals surface area contributed by atoms with Crippen molar-refractivity contribution in [3.8, 4) is 0 Å². The van der Waals surface area contributed by atoms with Crippen LogP contribution in [0.15, 0.2) is 66.0 Å². The van der Waals surface area contributed by atoms with Crippen LogP contribution in [0.4, 0.5) is 0 Å². The summed E-state index contributed by atoms with van der Waals surface area (Å²) in [6, 6.07) is 17.9. The number of benzene rings is 2. The number of aromatic nitrogens is 2. The van der Waals surface area contributed by atoms with Gasteiger partial charge in [0.2, 0.25) is 5.91 Å². The molecular weight excluding hydrogens is 318 g/mol. The Balaban J connectivity index is 1.71. The molecule has 0 saturated heterocycles. The van der Waals surface area contributed by atoms with Crippen molar-refractivity contribution in [1.82, 2.24) is 14.9 Å². The minimum absolute atomic E-state index is 0.0894. The fourth-order valence-corrected chi connectivity index (χ4v) is 3.56. The lowest BCUT2D eigenvalue weighted by molar-refractivity contribution is -0.129. The van der Waals surface area contributed by atoms with Crippen LogP contribution in [-0.4, -0.2) is 33.1 Å². The van der Waals surface area contributed by atoms with Gasteiger partial charge in [-0.05, 0) is 18.6 Å². The number of thioether (sulfide) groups is 1. The van der Waals surface area contributed by atoms with Gasteiger partial charge in [-0.1, -0.05) is 60.3 Å². The number of carbonyl (C=O) groups excluding carboxylic acids is 1. The second-order valence-corrected chi connectivity index (χ2v) is 6.97. The maximum absolute atomic E-state index is 12.6. The monoisotopic (exact) mass is 337 g/mol. The minimum atomic E-state index is -0.211. The van der Waals surface area contributed by atoms with E-state index < -0.39 is 0 Å². The van der Waals surface area contributed by atoms with Gasteiger partial charge in [-0.3, -0.25) is 4.79 Å². The molecule has 2 aromatic carbocycles. The quantitative estimate of drug-likeness (QED) is 0.525. The molecule has 5 heteroatoms. The Labute approximate surface area is 145 Å². The number of rotatable bonds is 5. The molecule has 122 valence electrons. The molecule has 0 saturated carbocycles. The van der Waals surface area contributed by atoms with Crippen LogP contribution >= 0.6 is 11.8 Å². The number of para-hydroxylation sites is 1. The molecule has 1 atom stereocenters. The lowest BCUT2D eigenvalue weighted by Crippen LogP contribution is -2.32. The van der Waals surface area contributed by atoms with Crippen LogP contribution in [0.3, 0.4) is 0 Å². The zero-order valence-electron chi connectivity index (χ0n) is 13.7. The molecule has 0 bridgehead atoms. The number of nitrogens with zero attached hydrogens (tertiary/aromatic N) is 3. The molecule has 1 aromatic heterocycles. The molecule has 4 nitrogen and oxygen atoms in total. The van der Waals surface area contributed by atoms with Crippen LogP contribution in [0.25, 0.3) is 10.9 Å². The summed E-state index contributed by atoms with van der Waals surface area (Å²) in [5.74, 6) is 0.0894. The Hall–Kier alpha value is -2.40. The summed E-state index contributed by atoms with van der Waals surface area (Å²) >= 11 is 1.48. The topological polar surface area (TPSA) is 46.1 Å². The predicted molar refractivity (Wildman–Crippen MR) is 97.8 cm³/mol. The van der Waals surface area contributed by atoms with E-state index in [1.807, 2.05) is 68.6 Å². The highest BCUT2D eigenvalue weighted by molar-refractivity contribution is 8.00. The predicted octanol–water partition coefficient (Wildman–Crippen LogP) is 3.77. The Morgan fingerprint density at radius 1 is 1.08 bits per heavy atom. The number of fused-ring (bicyclic) bond motifs is 1. The molecule has 0 unspecified atom stereocenters. The molecule has 0 radical (unpaired) electrons. The summed E-state index contributed by atoms with van der Waals surface area (Å²) in [6.07, 6.45) is 1.55. The Morgan fingerprint density at radius 3 is 2.58 bits per heavy atom. The molecule has 0 aliphatic heterocycles. The van der Waals surface area contributed by atoms with E-state index in [9.17, 15) is 4.79 Å². The van der Waals surface area contributed by atoms with Gasteiger partial charge in [-0.2, -0.15) is 0 Å². The zero-order chi connectivity index (χ0) is 16.9. The van der Waals surface area contributed by atoms with E-state index in [0.29, 0.717) is 6.54 Å². The summed E-state index contributed by atoms with van der Waals surface area (Å²) in [7, 11) is 1.84. The number of hydrogen-bond donors (Lipinski definition) is 0. The van der Waals surface area contributed by atoms with Crippen LogP contribution in [0, 0.1) is 0 Å². The summed E-state index contributed by atoms with van der Waals surface area (Å²) < 4.78 is 0. The normalized spacial score (nSPS) is 12.1. The van der Waals surface area contributed by atoms with Crippen LogP contribution in [0.2, 0.25) is 0 Å². The number of carbonyl (C=O) groups is 1. The molecule has 0 N–H and O–H groups in total. The van der Waals surface area contributed by atoms with E-state index in [0.717, 1.165) is 21.5 Å². The van der Waals surface area contributed by atoms with Crippen LogP contribution < -0.4 is 0 Å². The van der Waals surface area contributed by atoms with Gasteiger partial charge in [0.1, 0.15) is 11.4 Å². The molecule has 3 rings (SSSR count). The van der Waals surface area contributed by atoms with Crippen molar-refractivity contribution in [2.45, 2.75) is 23.7 Å². The van der Waals surface area contributed by atoms with E-state index >= 15 is 0 Å². The largest absolute Gasteiger partial charge is 0.340 e. The molecule has 1 amide bonds. The first-order chi connectivity index (χ1) is 11.6. The van der Waals surface area contributed by atoms with Crippen molar-refractivity contribution in [1.29, 1.82) is 0 Å². The first kappa shape index (κ1) is 16.5. The summed E-state index contributed by atoms with van der Waals surface area (Å²) in [6.45, 7) is 2.53. The average molecular weight is 337 g/mol. The highest BCUT2D eigenvalue weighted by Gasteiger charge is 2.20. The van der Waals surface area contributed by atoms with Gasteiger partial charge in [-0.25, -0.2) is 9.97 Å². The molecule has 0 fully saturated rings. The van der Waals surface area contributed by atoms with Gasteiger partial charge in [0.25, 0.3) is 0 Å². The third-order valence-electron chi connectivity index (χ3n) is 3.78. The second kappa shape index (κ2) is 7.45. The third-order valence-corrected chi connectivity index (χ3v) is 4.89. The van der Waals surface area contributed by atoms with E-state index in [1.54, 1.807) is 11.2 Å². The van der Waals surface area contributed by atoms with E-state index in [4.69, 9.17) is 0 Å². The van der Waals surface area contributed by atoms with Crippen LogP contribution in [0.1, 0.15) is 12.5 Å². The van der Waals surface area contributed by atoms with Crippen LogP contribution in [0.5, 0.6) is 0 Å². The van der Waals surface area contributed by atoms with Gasteiger partial charge >= 0.3 is 0 Å². The third kappa shape index (κ3) is 3.74. The maximum Gasteiger partial charge on any atom is 0.235 e. The second-order valence-electron chi connectivity index (χ2n) is 5.64. The van der Waals surface area contributed by atoms with E-state index in [2.05, 4.69) is 9.97 Å². The van der Waals surface area contributed by atoms with Crippen molar-refractivity contribution in [3.05, 3.63) is 66.5 Å². The highest BCUT2D eigenvalue weighted by Crippen LogP contribution is 2.28. The molecule has 0 spiro atoms. The molecular formula is C19H19N3OS. The first-order valence-electron chi connectivity index (χ1n) is 7.80. The smallest absolute Gasteiger partial charge is 0.235 e. The van der Waals surface area contributed by atoms with Crippen molar-refractivity contribution < 1.29 is 4.79 Å². The maximum atomic E-state index is 12.6. The highest BCUT2D eigenvalue weighted by atomic mass is 32.2. The molecule has 24 heavy (non-hydrogen) atoms. The Bertz CT molecular complexity index is 833. The van der Waals surface area contributed by atoms with Gasteiger partial charge in [0.05, 0.1) is 10.8 Å². The molecule has 0 aliphatic carbocycles. The summed E-state index contributed by atoms with van der Waals surface area (Å²) in [5.41, 5.74) is 2.02. The fraction of sp³-hybridized carbons (Fsp3) is 0.211. The molecule has 3 aromatic rings. The zero-order valence-corrected chi connectivity index (χ0v) is 14.5. The van der Waals surface area contributed by atoms with Gasteiger partial charge in [0, 0.05) is 19.0 Å². The van der Waals surface area contributed by atoms with Crippen molar-refractivity contribution in [2.75, 3.05) is 7.05 Å². The number of amides is 1. The van der Waals surface area contributed by atoms with Gasteiger partial charge in [0.15, 0.2) is 0 Å². The van der Waals surface area contributed by atoms with Crippen molar-refractivity contribution in [3.63, 3.8) is 0 Å². The first-order valence-corrected chi connectivity index (χ1v) is 8.68. The summed E-state index contributed by atoms with van der Waals surface area (Å²) in [4.78, 5) is 23.0. The average Bonchev–Trinajstić information content (AvgIpc) is 2.62. The van der Waals surface area contributed by atoms with Crippen LogP contribution in [-0.2, 0) is 11.3 Å². The lowest BCUT2D eigenvalue weighted by Gasteiger charge is -2.21. The van der Waals surface area contributed by atoms with Crippen molar-refractivity contribution >= 4 is 28.6 Å². The fourth-order valence-electron chi connectivity index (χ4n) is 2.54. The minimum Gasteiger partial charge on any atom is -0.340 e. The lowest BCUT2D eigenvalue weighted by atomic mass is 10.2.